The number of hydrogen-bond acceptors (Lipinski definition) is 3. The Kier molecular flexibility index (Phi) is 3.34. The van der Waals surface area contributed by atoms with E-state index in [1.165, 1.54) is 19.0 Å². The van der Waals surface area contributed by atoms with Crippen molar-refractivity contribution in [3.8, 4) is 0 Å². The first-order valence-corrected chi connectivity index (χ1v) is 6.98. The van der Waals surface area contributed by atoms with E-state index in [1.54, 1.807) is 0 Å². The first-order chi connectivity index (χ1) is 9.29. The molecule has 1 aliphatic heterocycles. The molecule has 1 aromatic carbocycles. The summed E-state index contributed by atoms with van der Waals surface area (Å²) in [7, 11) is 0. The van der Waals surface area contributed by atoms with E-state index >= 15 is 0 Å². The SMILES string of the molecule is CCN1CCC[C@@H]1Cn1c(=O)cnc2ccccc21. The van der Waals surface area contributed by atoms with Gasteiger partial charge in [-0.2, -0.15) is 0 Å². The lowest BCUT2D eigenvalue weighted by molar-refractivity contribution is 0.244. The normalized spacial score (nSPS) is 20.2. The molecule has 0 bridgehead atoms. The lowest BCUT2D eigenvalue weighted by atomic mass is 10.2. The largest absolute Gasteiger partial charge is 0.304 e. The standard InChI is InChI=1S/C15H19N3O/c1-2-17-9-5-6-12(17)11-18-14-8-4-3-7-13(14)16-10-15(18)19/h3-4,7-8,10,12H,2,5-6,9,11H2,1H3/t12-/m1/s1. The molecular formula is C15H19N3O. The van der Waals surface area contributed by atoms with Crippen LogP contribution in [0.3, 0.4) is 0 Å². The second kappa shape index (κ2) is 5.13. The van der Waals surface area contributed by atoms with Crippen molar-refractivity contribution in [2.24, 2.45) is 0 Å². The van der Waals surface area contributed by atoms with Gasteiger partial charge in [-0.25, -0.2) is 4.98 Å². The molecule has 19 heavy (non-hydrogen) atoms. The van der Waals surface area contributed by atoms with E-state index < -0.39 is 0 Å². The zero-order chi connectivity index (χ0) is 13.2. The van der Waals surface area contributed by atoms with Crippen LogP contribution >= 0.6 is 0 Å². The molecule has 4 nitrogen and oxygen atoms in total. The minimum atomic E-state index is 0.00153. The fourth-order valence-electron chi connectivity index (χ4n) is 3.03. The van der Waals surface area contributed by atoms with Gasteiger partial charge in [0.15, 0.2) is 0 Å². The second-order valence-electron chi connectivity index (χ2n) is 5.12. The molecule has 3 rings (SSSR count). The molecule has 1 aromatic heterocycles. The quantitative estimate of drug-likeness (QED) is 0.842. The monoisotopic (exact) mass is 257 g/mol. The van der Waals surface area contributed by atoms with Gasteiger partial charge in [-0.05, 0) is 38.1 Å². The van der Waals surface area contributed by atoms with Crippen molar-refractivity contribution in [3.05, 3.63) is 40.8 Å². The molecule has 2 heterocycles. The molecule has 1 atom stereocenters. The molecule has 1 fully saturated rings. The highest BCUT2D eigenvalue weighted by Crippen LogP contribution is 2.19. The molecule has 1 saturated heterocycles. The summed E-state index contributed by atoms with van der Waals surface area (Å²) in [5.41, 5.74) is 1.84. The Morgan fingerprint density at radius 2 is 2.21 bits per heavy atom. The summed E-state index contributed by atoms with van der Waals surface area (Å²) in [6, 6.07) is 8.34. The van der Waals surface area contributed by atoms with E-state index in [9.17, 15) is 4.79 Å². The molecule has 0 unspecified atom stereocenters. The highest BCUT2D eigenvalue weighted by molar-refractivity contribution is 5.74. The van der Waals surface area contributed by atoms with Crippen LogP contribution in [0.15, 0.2) is 35.3 Å². The van der Waals surface area contributed by atoms with Crippen molar-refractivity contribution >= 4 is 11.0 Å². The number of aromatic nitrogens is 2. The summed E-state index contributed by atoms with van der Waals surface area (Å²) in [6.07, 6.45) is 3.85. The van der Waals surface area contributed by atoms with E-state index in [0.717, 1.165) is 30.7 Å². The van der Waals surface area contributed by atoms with Crippen LogP contribution in [-0.4, -0.2) is 33.6 Å². The molecule has 1 aliphatic rings. The molecule has 0 aliphatic carbocycles. The van der Waals surface area contributed by atoms with Gasteiger partial charge in [0.25, 0.3) is 5.56 Å². The first kappa shape index (κ1) is 12.4. The topological polar surface area (TPSA) is 38.1 Å². The highest BCUT2D eigenvalue weighted by atomic mass is 16.1. The number of rotatable bonds is 3. The summed E-state index contributed by atoms with van der Waals surface area (Å²) >= 11 is 0. The number of benzene rings is 1. The fraction of sp³-hybridized carbons (Fsp3) is 0.467. The van der Waals surface area contributed by atoms with E-state index in [2.05, 4.69) is 16.8 Å². The predicted molar refractivity (Wildman–Crippen MR) is 76.3 cm³/mol. The molecule has 0 radical (unpaired) electrons. The summed E-state index contributed by atoms with van der Waals surface area (Å²) in [5, 5.41) is 0. The molecule has 0 saturated carbocycles. The molecule has 0 N–H and O–H groups in total. The van der Waals surface area contributed by atoms with Crippen LogP contribution in [0.5, 0.6) is 0 Å². The number of hydrogen-bond donors (Lipinski definition) is 0. The van der Waals surface area contributed by atoms with Gasteiger partial charge in [-0.15, -0.1) is 0 Å². The van der Waals surface area contributed by atoms with Crippen LogP contribution in [0.1, 0.15) is 19.8 Å². The first-order valence-electron chi connectivity index (χ1n) is 6.98. The van der Waals surface area contributed by atoms with Crippen molar-refractivity contribution in [3.63, 3.8) is 0 Å². The molecule has 100 valence electrons. The van der Waals surface area contributed by atoms with Crippen molar-refractivity contribution in [1.82, 2.24) is 14.5 Å². The Bertz CT molecular complexity index is 635. The maximum Gasteiger partial charge on any atom is 0.269 e. The van der Waals surface area contributed by atoms with Crippen molar-refractivity contribution < 1.29 is 0 Å². The summed E-state index contributed by atoms with van der Waals surface area (Å²) in [5.74, 6) is 0. The minimum Gasteiger partial charge on any atom is -0.304 e. The molecule has 4 heteroatoms. The summed E-state index contributed by atoms with van der Waals surface area (Å²) in [4.78, 5) is 18.8. The Hall–Kier alpha value is -1.68. The Balaban J connectivity index is 2.00. The summed E-state index contributed by atoms with van der Waals surface area (Å²) in [6.45, 7) is 5.17. The van der Waals surface area contributed by atoms with Gasteiger partial charge < -0.3 is 4.57 Å². The Morgan fingerprint density at radius 1 is 1.37 bits per heavy atom. The zero-order valence-electron chi connectivity index (χ0n) is 11.2. The van der Waals surface area contributed by atoms with Crippen LogP contribution in [0, 0.1) is 0 Å². The van der Waals surface area contributed by atoms with Crippen LogP contribution in [-0.2, 0) is 6.54 Å². The van der Waals surface area contributed by atoms with Crippen LogP contribution in [0.25, 0.3) is 11.0 Å². The molecule has 0 amide bonds. The molecule has 0 spiro atoms. The predicted octanol–water partition coefficient (Wildman–Crippen LogP) is 1.88. The van der Waals surface area contributed by atoms with Gasteiger partial charge in [-0.1, -0.05) is 19.1 Å². The molecule has 2 aromatic rings. The smallest absolute Gasteiger partial charge is 0.269 e. The van der Waals surface area contributed by atoms with E-state index in [0.29, 0.717) is 6.04 Å². The van der Waals surface area contributed by atoms with Gasteiger partial charge in [0.2, 0.25) is 0 Å². The second-order valence-corrected chi connectivity index (χ2v) is 5.12. The number of likely N-dealkylation sites (tertiary alicyclic amines) is 1. The Labute approximate surface area is 112 Å². The number of para-hydroxylation sites is 2. The third-order valence-corrected chi connectivity index (χ3v) is 4.05. The van der Waals surface area contributed by atoms with Crippen molar-refractivity contribution in [2.45, 2.75) is 32.4 Å². The third kappa shape index (κ3) is 2.28. The van der Waals surface area contributed by atoms with Crippen LogP contribution in [0.2, 0.25) is 0 Å². The minimum absolute atomic E-state index is 0.00153. The lowest BCUT2D eigenvalue weighted by Gasteiger charge is -2.24. The van der Waals surface area contributed by atoms with E-state index in [1.807, 2.05) is 28.8 Å². The number of likely N-dealkylation sites (N-methyl/N-ethyl adjacent to an activating group) is 1. The van der Waals surface area contributed by atoms with Gasteiger partial charge in [0.1, 0.15) is 0 Å². The van der Waals surface area contributed by atoms with E-state index in [-0.39, 0.29) is 5.56 Å². The number of nitrogens with zero attached hydrogens (tertiary/aromatic N) is 3. The highest BCUT2D eigenvalue weighted by Gasteiger charge is 2.23. The average molecular weight is 257 g/mol. The van der Waals surface area contributed by atoms with Crippen LogP contribution < -0.4 is 5.56 Å². The Morgan fingerprint density at radius 3 is 3.05 bits per heavy atom. The van der Waals surface area contributed by atoms with Crippen molar-refractivity contribution in [1.29, 1.82) is 0 Å². The van der Waals surface area contributed by atoms with Crippen LogP contribution in [0.4, 0.5) is 0 Å². The fourth-order valence-corrected chi connectivity index (χ4v) is 3.03. The number of fused-ring (bicyclic) bond motifs is 1. The van der Waals surface area contributed by atoms with Crippen molar-refractivity contribution in [2.75, 3.05) is 13.1 Å². The zero-order valence-corrected chi connectivity index (χ0v) is 11.2. The summed E-state index contributed by atoms with van der Waals surface area (Å²) < 4.78 is 1.88. The maximum atomic E-state index is 12.1. The van der Waals surface area contributed by atoms with Gasteiger partial charge in [-0.3, -0.25) is 9.69 Å². The van der Waals surface area contributed by atoms with Gasteiger partial charge in [0, 0.05) is 12.6 Å². The third-order valence-electron chi connectivity index (χ3n) is 4.05. The average Bonchev–Trinajstić information content (AvgIpc) is 2.89. The maximum absolute atomic E-state index is 12.1. The van der Waals surface area contributed by atoms with Gasteiger partial charge >= 0.3 is 0 Å². The lowest BCUT2D eigenvalue weighted by Crippen LogP contribution is -2.36. The van der Waals surface area contributed by atoms with Gasteiger partial charge in [0.05, 0.1) is 17.2 Å². The molecular weight excluding hydrogens is 238 g/mol. The van der Waals surface area contributed by atoms with E-state index in [4.69, 9.17) is 0 Å².